The lowest BCUT2D eigenvalue weighted by atomic mass is 9.79. The lowest BCUT2D eigenvalue weighted by Gasteiger charge is -2.25. The van der Waals surface area contributed by atoms with Crippen LogP contribution in [-0.2, 0) is 10.0 Å². The SMILES string of the molecule is N#CC1C(c2ccc(O)cc2)=Nc2[nH]ncc2C1c1ccc(-c2ccc(S(N)(=O)=O)cc2)o1. The van der Waals surface area contributed by atoms with E-state index in [1.54, 1.807) is 54.7 Å². The average molecular weight is 459 g/mol. The quantitative estimate of drug-likeness (QED) is 0.424. The highest BCUT2D eigenvalue weighted by molar-refractivity contribution is 7.89. The summed E-state index contributed by atoms with van der Waals surface area (Å²) in [6, 6.07) is 18.4. The van der Waals surface area contributed by atoms with Crippen molar-refractivity contribution in [1.82, 2.24) is 10.2 Å². The Morgan fingerprint density at radius 2 is 1.73 bits per heavy atom. The molecule has 0 radical (unpaired) electrons. The number of aromatic hydroxyl groups is 1. The number of H-pyrrole nitrogens is 1. The summed E-state index contributed by atoms with van der Waals surface area (Å²) in [4.78, 5) is 4.62. The Morgan fingerprint density at radius 1 is 1.03 bits per heavy atom. The van der Waals surface area contributed by atoms with Crippen LogP contribution in [0.3, 0.4) is 0 Å². The van der Waals surface area contributed by atoms with Crippen molar-refractivity contribution in [3.63, 3.8) is 0 Å². The zero-order chi connectivity index (χ0) is 23.2. The first-order chi connectivity index (χ1) is 15.8. The molecule has 0 spiro atoms. The Kier molecular flexibility index (Phi) is 4.85. The molecule has 1 aliphatic heterocycles. The predicted molar refractivity (Wildman–Crippen MR) is 119 cm³/mol. The van der Waals surface area contributed by atoms with Crippen LogP contribution < -0.4 is 5.14 Å². The van der Waals surface area contributed by atoms with E-state index in [1.807, 2.05) is 0 Å². The topological polar surface area (TPSA) is 158 Å². The number of nitriles is 1. The first-order valence-corrected chi connectivity index (χ1v) is 11.4. The number of hydrogen-bond acceptors (Lipinski definition) is 7. The lowest BCUT2D eigenvalue weighted by molar-refractivity contribution is 0.475. The standard InChI is InChI=1S/C23H17N5O4S/c24-11-17-21(18-12-26-28-23(18)27-22(17)14-1-5-15(29)6-2-14)20-10-9-19(32-20)13-3-7-16(8-4-13)33(25,30)31/h1-10,12,17,21,29H,(H,26,28)(H2,25,30,31). The molecule has 0 fully saturated rings. The molecule has 4 aromatic rings. The molecule has 9 nitrogen and oxygen atoms in total. The molecule has 2 atom stereocenters. The maximum atomic E-state index is 11.5. The molecule has 5 rings (SSSR count). The number of aromatic nitrogens is 2. The van der Waals surface area contributed by atoms with Crippen LogP contribution in [0.1, 0.15) is 22.8 Å². The number of phenolic OH excluding ortho intramolecular Hbond substituents is 1. The van der Waals surface area contributed by atoms with Gasteiger partial charge in [-0.3, -0.25) is 5.10 Å². The second-order valence-corrected chi connectivity index (χ2v) is 9.14. The van der Waals surface area contributed by atoms with Crippen LogP contribution in [0.2, 0.25) is 0 Å². The summed E-state index contributed by atoms with van der Waals surface area (Å²) in [6.07, 6.45) is 1.63. The molecule has 0 saturated carbocycles. The normalized spacial score (nSPS) is 17.8. The Labute approximate surface area is 188 Å². The van der Waals surface area contributed by atoms with E-state index in [0.29, 0.717) is 34.2 Å². The minimum absolute atomic E-state index is 0.00708. The van der Waals surface area contributed by atoms with Crippen molar-refractivity contribution in [2.45, 2.75) is 10.8 Å². The molecule has 33 heavy (non-hydrogen) atoms. The Hall–Kier alpha value is -4.20. The fourth-order valence-corrected chi connectivity index (χ4v) is 4.46. The molecule has 0 saturated heterocycles. The van der Waals surface area contributed by atoms with Gasteiger partial charge in [-0.15, -0.1) is 0 Å². The fraction of sp³-hybridized carbons (Fsp3) is 0.0870. The average Bonchev–Trinajstić information content (AvgIpc) is 3.47. The van der Waals surface area contributed by atoms with Gasteiger partial charge in [-0.05, 0) is 66.2 Å². The molecule has 2 aromatic heterocycles. The van der Waals surface area contributed by atoms with Gasteiger partial charge in [0.25, 0.3) is 0 Å². The fourth-order valence-electron chi connectivity index (χ4n) is 3.95. The van der Waals surface area contributed by atoms with Gasteiger partial charge in [0.15, 0.2) is 5.82 Å². The predicted octanol–water partition coefficient (Wildman–Crippen LogP) is 3.43. The number of nitrogens with zero attached hydrogens (tertiary/aromatic N) is 3. The van der Waals surface area contributed by atoms with E-state index in [1.165, 1.54) is 12.1 Å². The van der Waals surface area contributed by atoms with Crippen molar-refractivity contribution in [3.8, 4) is 23.1 Å². The highest BCUT2D eigenvalue weighted by Crippen LogP contribution is 2.43. The van der Waals surface area contributed by atoms with Crippen molar-refractivity contribution in [2.75, 3.05) is 0 Å². The molecule has 164 valence electrons. The summed E-state index contributed by atoms with van der Waals surface area (Å²) >= 11 is 0. The van der Waals surface area contributed by atoms with Gasteiger partial charge < -0.3 is 9.52 Å². The first-order valence-electron chi connectivity index (χ1n) is 9.89. The third-order valence-electron chi connectivity index (χ3n) is 5.55. The summed E-state index contributed by atoms with van der Waals surface area (Å²) < 4.78 is 29.1. The van der Waals surface area contributed by atoms with Gasteiger partial charge in [0.1, 0.15) is 23.2 Å². The number of nitrogens with one attached hydrogen (secondary N) is 1. The van der Waals surface area contributed by atoms with Gasteiger partial charge in [-0.25, -0.2) is 18.5 Å². The van der Waals surface area contributed by atoms with Crippen LogP contribution in [0.15, 0.2) is 81.2 Å². The summed E-state index contributed by atoms with van der Waals surface area (Å²) in [5.74, 6) is 0.574. The largest absolute Gasteiger partial charge is 0.508 e. The Morgan fingerprint density at radius 3 is 2.39 bits per heavy atom. The molecule has 2 unspecified atom stereocenters. The lowest BCUT2D eigenvalue weighted by Crippen LogP contribution is -2.25. The molecule has 0 aliphatic carbocycles. The minimum atomic E-state index is -3.79. The second-order valence-electron chi connectivity index (χ2n) is 7.57. The number of fused-ring (bicyclic) bond motifs is 1. The van der Waals surface area contributed by atoms with Crippen molar-refractivity contribution >= 4 is 21.6 Å². The van der Waals surface area contributed by atoms with Crippen molar-refractivity contribution < 1.29 is 17.9 Å². The van der Waals surface area contributed by atoms with Gasteiger partial charge in [0.05, 0.1) is 28.8 Å². The Balaban J connectivity index is 1.55. The van der Waals surface area contributed by atoms with E-state index in [-0.39, 0.29) is 10.6 Å². The summed E-state index contributed by atoms with van der Waals surface area (Å²) in [6.45, 7) is 0. The number of aliphatic imine (C=N–C) groups is 1. The van der Waals surface area contributed by atoms with E-state index >= 15 is 0 Å². The number of benzene rings is 2. The molecule has 2 aromatic carbocycles. The monoisotopic (exact) mass is 459 g/mol. The van der Waals surface area contributed by atoms with Crippen LogP contribution >= 0.6 is 0 Å². The zero-order valence-corrected chi connectivity index (χ0v) is 17.8. The molecule has 3 heterocycles. The number of furan rings is 1. The van der Waals surface area contributed by atoms with Crippen molar-refractivity contribution in [1.29, 1.82) is 5.26 Å². The maximum absolute atomic E-state index is 11.5. The number of primary sulfonamides is 1. The highest BCUT2D eigenvalue weighted by Gasteiger charge is 2.38. The van der Waals surface area contributed by atoms with E-state index in [0.717, 1.165) is 5.56 Å². The summed E-state index contributed by atoms with van der Waals surface area (Å²) in [7, 11) is -3.79. The van der Waals surface area contributed by atoms with Crippen molar-refractivity contribution in [2.24, 2.45) is 16.0 Å². The van der Waals surface area contributed by atoms with Gasteiger partial charge in [-0.1, -0.05) is 0 Å². The minimum Gasteiger partial charge on any atom is -0.508 e. The molecular formula is C23H17N5O4S. The van der Waals surface area contributed by atoms with Crippen molar-refractivity contribution in [3.05, 3.63) is 83.7 Å². The second kappa shape index (κ2) is 7.74. The molecule has 1 aliphatic rings. The van der Waals surface area contributed by atoms with Crippen LogP contribution in [0.25, 0.3) is 11.3 Å². The van der Waals surface area contributed by atoms with Gasteiger partial charge in [0.2, 0.25) is 10.0 Å². The summed E-state index contributed by atoms with van der Waals surface area (Å²) in [5.41, 5.74) is 2.64. The van der Waals surface area contributed by atoms with E-state index in [9.17, 15) is 18.8 Å². The van der Waals surface area contributed by atoms with E-state index in [4.69, 9.17) is 9.56 Å². The number of sulfonamides is 1. The molecule has 0 bridgehead atoms. The van der Waals surface area contributed by atoms with Crippen LogP contribution in [0, 0.1) is 17.2 Å². The first kappa shape index (κ1) is 20.7. The van der Waals surface area contributed by atoms with Crippen LogP contribution in [-0.4, -0.2) is 29.4 Å². The van der Waals surface area contributed by atoms with Crippen LogP contribution in [0.4, 0.5) is 5.82 Å². The van der Waals surface area contributed by atoms with E-state index in [2.05, 4.69) is 21.3 Å². The summed E-state index contributed by atoms with van der Waals surface area (Å²) in [5, 5.41) is 31.8. The van der Waals surface area contributed by atoms with E-state index < -0.39 is 21.9 Å². The molecular weight excluding hydrogens is 442 g/mol. The number of aromatic amines is 1. The smallest absolute Gasteiger partial charge is 0.238 e. The molecule has 0 amide bonds. The number of rotatable bonds is 4. The maximum Gasteiger partial charge on any atom is 0.238 e. The Bertz CT molecular complexity index is 1510. The number of phenols is 1. The third kappa shape index (κ3) is 3.69. The van der Waals surface area contributed by atoms with Gasteiger partial charge in [-0.2, -0.15) is 10.4 Å². The number of hydrogen-bond donors (Lipinski definition) is 3. The molecule has 4 N–H and O–H groups in total. The third-order valence-corrected chi connectivity index (χ3v) is 6.47. The molecule has 10 heteroatoms. The zero-order valence-electron chi connectivity index (χ0n) is 17.0. The van der Waals surface area contributed by atoms with Gasteiger partial charge >= 0.3 is 0 Å². The van der Waals surface area contributed by atoms with Crippen LogP contribution in [0.5, 0.6) is 5.75 Å². The number of nitrogens with two attached hydrogens (primary N) is 1. The highest BCUT2D eigenvalue weighted by atomic mass is 32.2. The van der Waals surface area contributed by atoms with Gasteiger partial charge in [0, 0.05) is 11.1 Å².